The Bertz CT molecular complexity index is 355. The van der Waals surface area contributed by atoms with Gasteiger partial charge in [-0.3, -0.25) is 4.79 Å². The first-order chi connectivity index (χ1) is 8.71. The maximum atomic E-state index is 12.2. The zero-order chi connectivity index (χ0) is 12.6. The van der Waals surface area contributed by atoms with Gasteiger partial charge in [0.2, 0.25) is 5.91 Å². The van der Waals surface area contributed by atoms with Gasteiger partial charge < -0.3 is 15.1 Å². The second-order valence-electron chi connectivity index (χ2n) is 5.75. The summed E-state index contributed by atoms with van der Waals surface area (Å²) < 4.78 is 0. The highest BCUT2D eigenvalue weighted by molar-refractivity contribution is 5.85. The second-order valence-corrected chi connectivity index (χ2v) is 5.75. The standard InChI is InChI=1S/C13H21N3O2/c17-11-13(3-6-14-11)4-9-16(10-5-13)12(18)15-7-1-2-8-15/h1-10H2,(H,14,17). The highest BCUT2D eigenvalue weighted by Crippen LogP contribution is 2.38. The van der Waals surface area contributed by atoms with E-state index in [0.29, 0.717) is 0 Å². The number of amides is 3. The maximum Gasteiger partial charge on any atom is 0.319 e. The summed E-state index contributed by atoms with van der Waals surface area (Å²) in [5.41, 5.74) is -0.165. The van der Waals surface area contributed by atoms with Crippen molar-refractivity contribution >= 4 is 11.9 Å². The molecule has 1 spiro atoms. The monoisotopic (exact) mass is 251 g/mol. The minimum atomic E-state index is -0.165. The molecule has 0 aromatic carbocycles. The van der Waals surface area contributed by atoms with E-state index in [1.165, 1.54) is 0 Å². The predicted octanol–water partition coefficient (Wildman–Crippen LogP) is 0.804. The van der Waals surface area contributed by atoms with Gasteiger partial charge in [-0.25, -0.2) is 4.79 Å². The lowest BCUT2D eigenvalue weighted by molar-refractivity contribution is -0.129. The van der Waals surface area contributed by atoms with Crippen molar-refractivity contribution in [3.8, 4) is 0 Å². The van der Waals surface area contributed by atoms with Crippen molar-refractivity contribution in [3.05, 3.63) is 0 Å². The van der Waals surface area contributed by atoms with E-state index in [0.717, 1.165) is 64.8 Å². The average molecular weight is 251 g/mol. The molecule has 3 amide bonds. The third-order valence-corrected chi connectivity index (χ3v) is 4.74. The minimum Gasteiger partial charge on any atom is -0.356 e. The zero-order valence-electron chi connectivity index (χ0n) is 10.8. The molecule has 100 valence electrons. The van der Waals surface area contributed by atoms with Gasteiger partial charge in [0.15, 0.2) is 0 Å². The fourth-order valence-electron chi connectivity index (χ4n) is 3.43. The first-order valence-electron chi connectivity index (χ1n) is 7.03. The lowest BCUT2D eigenvalue weighted by atomic mass is 9.77. The minimum absolute atomic E-state index is 0.165. The molecular formula is C13H21N3O2. The molecule has 0 atom stereocenters. The van der Waals surface area contributed by atoms with Crippen LogP contribution in [0.25, 0.3) is 0 Å². The highest BCUT2D eigenvalue weighted by atomic mass is 16.2. The van der Waals surface area contributed by atoms with Gasteiger partial charge in [-0.05, 0) is 32.1 Å². The van der Waals surface area contributed by atoms with Crippen molar-refractivity contribution in [2.45, 2.75) is 32.1 Å². The Labute approximate surface area is 107 Å². The molecular weight excluding hydrogens is 230 g/mol. The Morgan fingerprint density at radius 2 is 1.61 bits per heavy atom. The number of nitrogens with one attached hydrogen (secondary N) is 1. The molecule has 0 aromatic heterocycles. The SMILES string of the molecule is O=C(N1CCCC1)N1CCC2(CCNC2=O)CC1. The van der Waals surface area contributed by atoms with Crippen LogP contribution in [0.1, 0.15) is 32.1 Å². The number of carbonyl (C=O) groups is 2. The van der Waals surface area contributed by atoms with Crippen LogP contribution in [0.5, 0.6) is 0 Å². The van der Waals surface area contributed by atoms with Gasteiger partial charge in [-0.2, -0.15) is 0 Å². The maximum absolute atomic E-state index is 12.2. The number of piperidine rings is 1. The van der Waals surface area contributed by atoms with Crippen LogP contribution in [-0.2, 0) is 4.79 Å². The van der Waals surface area contributed by atoms with Gasteiger partial charge in [-0.1, -0.05) is 0 Å². The normalized spacial score (nSPS) is 26.8. The first kappa shape index (κ1) is 11.8. The second kappa shape index (κ2) is 4.44. The van der Waals surface area contributed by atoms with Crippen LogP contribution in [0.15, 0.2) is 0 Å². The number of hydrogen-bond donors (Lipinski definition) is 1. The number of carbonyl (C=O) groups excluding carboxylic acids is 2. The lowest BCUT2D eigenvalue weighted by Crippen LogP contribution is -2.49. The molecule has 3 saturated heterocycles. The molecule has 0 aliphatic carbocycles. The van der Waals surface area contributed by atoms with Gasteiger partial charge in [-0.15, -0.1) is 0 Å². The van der Waals surface area contributed by atoms with Crippen molar-refractivity contribution in [2.24, 2.45) is 5.41 Å². The Hall–Kier alpha value is -1.26. The van der Waals surface area contributed by atoms with Crippen LogP contribution in [-0.4, -0.2) is 54.5 Å². The number of rotatable bonds is 0. The third kappa shape index (κ3) is 1.85. The van der Waals surface area contributed by atoms with Gasteiger partial charge in [0.05, 0.1) is 5.41 Å². The van der Waals surface area contributed by atoms with Crippen molar-refractivity contribution in [2.75, 3.05) is 32.7 Å². The Morgan fingerprint density at radius 1 is 1.00 bits per heavy atom. The van der Waals surface area contributed by atoms with Crippen molar-refractivity contribution < 1.29 is 9.59 Å². The van der Waals surface area contributed by atoms with E-state index in [-0.39, 0.29) is 17.4 Å². The molecule has 3 heterocycles. The largest absolute Gasteiger partial charge is 0.356 e. The summed E-state index contributed by atoms with van der Waals surface area (Å²) in [6, 6.07) is 0.181. The summed E-state index contributed by atoms with van der Waals surface area (Å²) in [5.74, 6) is 0.204. The summed E-state index contributed by atoms with van der Waals surface area (Å²) in [6.07, 6.45) is 4.87. The Morgan fingerprint density at radius 3 is 2.17 bits per heavy atom. The van der Waals surface area contributed by atoms with Crippen LogP contribution in [0.3, 0.4) is 0 Å². The topological polar surface area (TPSA) is 52.7 Å². The molecule has 0 unspecified atom stereocenters. The third-order valence-electron chi connectivity index (χ3n) is 4.74. The summed E-state index contributed by atoms with van der Waals surface area (Å²) in [7, 11) is 0. The van der Waals surface area contributed by atoms with E-state index in [9.17, 15) is 9.59 Å². The van der Waals surface area contributed by atoms with E-state index >= 15 is 0 Å². The van der Waals surface area contributed by atoms with Crippen molar-refractivity contribution in [3.63, 3.8) is 0 Å². The summed E-state index contributed by atoms with van der Waals surface area (Å²) >= 11 is 0. The molecule has 0 radical (unpaired) electrons. The van der Waals surface area contributed by atoms with Crippen molar-refractivity contribution in [1.29, 1.82) is 0 Å². The Balaban J connectivity index is 1.59. The first-order valence-corrected chi connectivity index (χ1v) is 7.03. The molecule has 1 N–H and O–H groups in total. The Kier molecular flexibility index (Phi) is 2.92. The molecule has 3 aliphatic rings. The molecule has 3 aliphatic heterocycles. The van der Waals surface area contributed by atoms with Crippen LogP contribution in [0.2, 0.25) is 0 Å². The van der Waals surface area contributed by atoms with Gasteiger partial charge in [0.1, 0.15) is 0 Å². The van der Waals surface area contributed by atoms with Crippen LogP contribution >= 0.6 is 0 Å². The molecule has 0 aromatic rings. The number of nitrogens with zero attached hydrogens (tertiary/aromatic N) is 2. The molecule has 3 rings (SSSR count). The van der Waals surface area contributed by atoms with Crippen LogP contribution in [0.4, 0.5) is 4.79 Å². The van der Waals surface area contributed by atoms with Gasteiger partial charge >= 0.3 is 6.03 Å². The molecule has 0 saturated carbocycles. The smallest absolute Gasteiger partial charge is 0.319 e. The van der Waals surface area contributed by atoms with Gasteiger partial charge in [0, 0.05) is 32.7 Å². The number of urea groups is 1. The van der Waals surface area contributed by atoms with Crippen LogP contribution < -0.4 is 5.32 Å². The van der Waals surface area contributed by atoms with Crippen molar-refractivity contribution in [1.82, 2.24) is 15.1 Å². The van der Waals surface area contributed by atoms with E-state index in [4.69, 9.17) is 0 Å². The highest BCUT2D eigenvalue weighted by Gasteiger charge is 2.45. The molecule has 18 heavy (non-hydrogen) atoms. The lowest BCUT2D eigenvalue weighted by Gasteiger charge is -2.38. The fourth-order valence-corrected chi connectivity index (χ4v) is 3.43. The van der Waals surface area contributed by atoms with E-state index < -0.39 is 0 Å². The molecule has 5 nitrogen and oxygen atoms in total. The molecule has 5 heteroatoms. The van der Waals surface area contributed by atoms with Gasteiger partial charge in [0.25, 0.3) is 0 Å². The predicted molar refractivity (Wildman–Crippen MR) is 67.1 cm³/mol. The molecule has 0 bridgehead atoms. The molecule has 3 fully saturated rings. The van der Waals surface area contributed by atoms with E-state index in [1.807, 2.05) is 9.80 Å². The van der Waals surface area contributed by atoms with E-state index in [2.05, 4.69) is 5.32 Å². The number of hydrogen-bond acceptors (Lipinski definition) is 2. The zero-order valence-corrected chi connectivity index (χ0v) is 10.8. The average Bonchev–Trinajstić information content (AvgIpc) is 3.02. The summed E-state index contributed by atoms with van der Waals surface area (Å²) in [5, 5.41) is 2.93. The van der Waals surface area contributed by atoms with Crippen LogP contribution in [0, 0.1) is 5.41 Å². The van der Waals surface area contributed by atoms with E-state index in [1.54, 1.807) is 0 Å². The number of likely N-dealkylation sites (tertiary alicyclic amines) is 2. The quantitative estimate of drug-likeness (QED) is 0.692. The summed E-state index contributed by atoms with van der Waals surface area (Å²) in [4.78, 5) is 28.0. The summed E-state index contributed by atoms with van der Waals surface area (Å²) in [6.45, 7) is 4.09. The fraction of sp³-hybridized carbons (Fsp3) is 0.846.